The Hall–Kier alpha value is -2.89. The number of ether oxygens (including phenoxy) is 1. The van der Waals surface area contributed by atoms with Gasteiger partial charge in [0, 0.05) is 6.20 Å². The van der Waals surface area contributed by atoms with E-state index in [1.165, 1.54) is 6.07 Å². The highest BCUT2D eigenvalue weighted by atomic mass is 16.5. The van der Waals surface area contributed by atoms with Crippen LogP contribution < -0.4 is 10.1 Å². The fraction of sp³-hybridized carbons (Fsp3) is 0.278. The van der Waals surface area contributed by atoms with Gasteiger partial charge in [0.25, 0.3) is 0 Å². The van der Waals surface area contributed by atoms with Crippen LogP contribution in [0.5, 0.6) is 5.88 Å². The van der Waals surface area contributed by atoms with E-state index in [9.17, 15) is 9.59 Å². The molecule has 24 heavy (non-hydrogen) atoms. The summed E-state index contributed by atoms with van der Waals surface area (Å²) in [5.41, 5.74) is 3.18. The Morgan fingerprint density at radius 2 is 2.00 bits per heavy atom. The van der Waals surface area contributed by atoms with Crippen molar-refractivity contribution in [2.45, 2.75) is 27.2 Å². The van der Waals surface area contributed by atoms with Crippen molar-refractivity contribution in [3.05, 3.63) is 52.7 Å². The van der Waals surface area contributed by atoms with Gasteiger partial charge in [0.2, 0.25) is 11.8 Å². The average molecular weight is 328 g/mol. The maximum absolute atomic E-state index is 12.3. The van der Waals surface area contributed by atoms with E-state index in [1.807, 2.05) is 13.8 Å². The van der Waals surface area contributed by atoms with Crippen LogP contribution in [-0.4, -0.2) is 28.6 Å². The van der Waals surface area contributed by atoms with Crippen molar-refractivity contribution in [3.63, 3.8) is 0 Å². The summed E-state index contributed by atoms with van der Waals surface area (Å²) in [6.07, 6.45) is 1.82. The van der Waals surface area contributed by atoms with Crippen LogP contribution in [0, 0.1) is 13.8 Å². The van der Waals surface area contributed by atoms with Crippen molar-refractivity contribution in [2.75, 3.05) is 11.9 Å². The molecule has 1 aromatic heterocycles. The number of carbonyl (C=O) groups excluding carboxylic acids is 1. The van der Waals surface area contributed by atoms with Crippen molar-refractivity contribution < 1.29 is 19.4 Å². The van der Waals surface area contributed by atoms with Crippen LogP contribution in [0.1, 0.15) is 34.0 Å². The first kappa shape index (κ1) is 17.5. The summed E-state index contributed by atoms with van der Waals surface area (Å²) in [4.78, 5) is 27.4. The zero-order chi connectivity index (χ0) is 17.7. The number of amides is 1. The van der Waals surface area contributed by atoms with E-state index < -0.39 is 5.97 Å². The lowest BCUT2D eigenvalue weighted by Gasteiger charge is -2.12. The Bertz CT molecular complexity index is 772. The summed E-state index contributed by atoms with van der Waals surface area (Å²) in [5.74, 6) is -0.815. The van der Waals surface area contributed by atoms with Gasteiger partial charge in [-0.15, -0.1) is 0 Å². The molecule has 2 N–H and O–H groups in total. The number of anilines is 1. The molecular weight excluding hydrogens is 308 g/mol. The molecule has 0 saturated carbocycles. The van der Waals surface area contributed by atoms with Crippen LogP contribution in [0.4, 0.5) is 5.69 Å². The molecule has 1 amide bonds. The van der Waals surface area contributed by atoms with Crippen molar-refractivity contribution in [2.24, 2.45) is 0 Å². The predicted octanol–water partition coefficient (Wildman–Crippen LogP) is 2.98. The van der Waals surface area contributed by atoms with Gasteiger partial charge in [0.15, 0.2) is 0 Å². The summed E-state index contributed by atoms with van der Waals surface area (Å²) in [6, 6.07) is 6.52. The van der Waals surface area contributed by atoms with Crippen molar-refractivity contribution in [3.8, 4) is 5.88 Å². The number of carbonyl (C=O) groups is 2. The molecule has 0 atom stereocenters. The summed E-state index contributed by atoms with van der Waals surface area (Å²) in [5, 5.41) is 11.8. The third-order valence-corrected chi connectivity index (χ3v) is 3.48. The highest BCUT2D eigenvalue weighted by Gasteiger charge is 2.12. The Morgan fingerprint density at radius 1 is 1.25 bits per heavy atom. The van der Waals surface area contributed by atoms with E-state index in [0.717, 1.165) is 16.7 Å². The molecule has 1 aromatic carbocycles. The molecule has 2 rings (SSSR count). The summed E-state index contributed by atoms with van der Waals surface area (Å²) in [6.45, 7) is 5.97. The molecule has 0 unspecified atom stereocenters. The van der Waals surface area contributed by atoms with Crippen LogP contribution in [0.25, 0.3) is 0 Å². The second-order valence-electron chi connectivity index (χ2n) is 5.47. The molecule has 0 saturated heterocycles. The maximum atomic E-state index is 12.3. The van der Waals surface area contributed by atoms with Gasteiger partial charge in [-0.25, -0.2) is 9.78 Å². The Labute approximate surface area is 140 Å². The van der Waals surface area contributed by atoms with Gasteiger partial charge < -0.3 is 15.2 Å². The minimum absolute atomic E-state index is 0.144. The number of hydrogen-bond acceptors (Lipinski definition) is 4. The normalized spacial score (nSPS) is 10.3. The minimum Gasteiger partial charge on any atom is -0.478 e. The van der Waals surface area contributed by atoms with Crippen LogP contribution in [0.3, 0.4) is 0 Å². The van der Waals surface area contributed by atoms with Crippen LogP contribution in [-0.2, 0) is 11.2 Å². The molecule has 0 radical (unpaired) electrons. The van der Waals surface area contributed by atoms with E-state index in [4.69, 9.17) is 9.84 Å². The van der Waals surface area contributed by atoms with Crippen molar-refractivity contribution in [1.29, 1.82) is 0 Å². The number of nitrogens with zero attached hydrogens (tertiary/aromatic N) is 1. The molecule has 0 spiro atoms. The number of carboxylic acids is 1. The van der Waals surface area contributed by atoms with Crippen LogP contribution in [0.2, 0.25) is 0 Å². The van der Waals surface area contributed by atoms with E-state index in [-0.39, 0.29) is 17.9 Å². The first-order valence-electron chi connectivity index (χ1n) is 7.62. The number of nitrogens with one attached hydrogen (secondary N) is 1. The summed E-state index contributed by atoms with van der Waals surface area (Å²) >= 11 is 0. The predicted molar refractivity (Wildman–Crippen MR) is 90.6 cm³/mol. The number of carboxylic acid groups (broad SMARTS) is 1. The number of hydrogen-bond donors (Lipinski definition) is 2. The molecule has 0 fully saturated rings. The fourth-order valence-corrected chi connectivity index (χ4v) is 2.29. The van der Waals surface area contributed by atoms with E-state index in [1.54, 1.807) is 31.3 Å². The molecule has 0 bridgehead atoms. The van der Waals surface area contributed by atoms with E-state index in [2.05, 4.69) is 10.3 Å². The van der Waals surface area contributed by atoms with Crippen LogP contribution in [0.15, 0.2) is 30.5 Å². The lowest BCUT2D eigenvalue weighted by atomic mass is 10.0. The third-order valence-electron chi connectivity index (χ3n) is 3.48. The minimum atomic E-state index is -0.985. The Balaban J connectivity index is 2.14. The molecule has 2 aromatic rings. The number of aromatic nitrogens is 1. The van der Waals surface area contributed by atoms with E-state index >= 15 is 0 Å². The van der Waals surface area contributed by atoms with Crippen molar-refractivity contribution >= 4 is 17.6 Å². The smallest absolute Gasteiger partial charge is 0.335 e. The standard InChI is InChI=1S/C18H20N2O4/c1-4-24-17-15(7-11(2)10-19-17)20-16(21)9-13-5-6-14(18(22)23)8-12(13)3/h5-8,10H,4,9H2,1-3H3,(H,20,21)(H,22,23). The SMILES string of the molecule is CCOc1ncc(C)cc1NC(=O)Cc1ccc(C(=O)O)cc1C. The first-order chi connectivity index (χ1) is 11.4. The Kier molecular flexibility index (Phi) is 5.52. The van der Waals surface area contributed by atoms with Gasteiger partial charge in [0.1, 0.15) is 5.69 Å². The topological polar surface area (TPSA) is 88.5 Å². The molecule has 1 heterocycles. The zero-order valence-corrected chi connectivity index (χ0v) is 13.9. The first-order valence-corrected chi connectivity index (χ1v) is 7.62. The monoisotopic (exact) mass is 328 g/mol. The highest BCUT2D eigenvalue weighted by Crippen LogP contribution is 2.23. The third kappa shape index (κ3) is 4.32. The number of benzene rings is 1. The molecule has 6 nitrogen and oxygen atoms in total. The number of pyridine rings is 1. The van der Waals surface area contributed by atoms with Gasteiger partial charge in [-0.05, 0) is 55.7 Å². The van der Waals surface area contributed by atoms with Gasteiger partial charge >= 0.3 is 5.97 Å². The second-order valence-corrected chi connectivity index (χ2v) is 5.47. The molecular formula is C18H20N2O4. The largest absolute Gasteiger partial charge is 0.478 e. The highest BCUT2D eigenvalue weighted by molar-refractivity contribution is 5.94. The van der Waals surface area contributed by atoms with E-state index in [0.29, 0.717) is 18.2 Å². The fourth-order valence-electron chi connectivity index (χ4n) is 2.29. The van der Waals surface area contributed by atoms with Gasteiger partial charge in [-0.1, -0.05) is 6.07 Å². The van der Waals surface area contributed by atoms with Crippen molar-refractivity contribution in [1.82, 2.24) is 4.98 Å². The molecule has 6 heteroatoms. The quantitative estimate of drug-likeness (QED) is 0.851. The summed E-state index contributed by atoms with van der Waals surface area (Å²) in [7, 11) is 0. The lowest BCUT2D eigenvalue weighted by Crippen LogP contribution is -2.16. The van der Waals surface area contributed by atoms with Gasteiger partial charge in [-0.2, -0.15) is 0 Å². The van der Waals surface area contributed by atoms with Gasteiger partial charge in [0.05, 0.1) is 18.6 Å². The second kappa shape index (κ2) is 7.59. The number of aryl methyl sites for hydroxylation is 2. The average Bonchev–Trinajstić information content (AvgIpc) is 2.52. The van der Waals surface area contributed by atoms with Crippen LogP contribution >= 0.6 is 0 Å². The molecule has 0 aliphatic carbocycles. The number of aromatic carboxylic acids is 1. The van der Waals surface area contributed by atoms with Gasteiger partial charge in [-0.3, -0.25) is 4.79 Å². The zero-order valence-electron chi connectivity index (χ0n) is 13.9. The summed E-state index contributed by atoms with van der Waals surface area (Å²) < 4.78 is 5.42. The number of rotatable bonds is 6. The lowest BCUT2D eigenvalue weighted by molar-refractivity contribution is -0.115. The molecule has 0 aliphatic rings. The molecule has 0 aliphatic heterocycles. The molecule has 126 valence electrons. The maximum Gasteiger partial charge on any atom is 0.335 e. The Morgan fingerprint density at radius 3 is 2.62 bits per heavy atom.